The van der Waals surface area contributed by atoms with Gasteiger partial charge in [0.1, 0.15) is 28.6 Å². The van der Waals surface area contributed by atoms with E-state index < -0.39 is 0 Å². The number of ether oxygens (including phenoxy) is 1. The fourth-order valence-corrected chi connectivity index (χ4v) is 2.93. The molecule has 25 heavy (non-hydrogen) atoms. The zero-order chi connectivity index (χ0) is 17.2. The van der Waals surface area contributed by atoms with E-state index in [1.807, 2.05) is 0 Å². The highest BCUT2D eigenvalue weighted by Crippen LogP contribution is 2.26. The van der Waals surface area contributed by atoms with Gasteiger partial charge in [0.05, 0.1) is 13.2 Å². The summed E-state index contributed by atoms with van der Waals surface area (Å²) in [6.07, 6.45) is 2.93. The minimum atomic E-state index is -0.315. The molecule has 1 amide bonds. The molecule has 1 aliphatic heterocycles. The molecular formula is C16H17N7O2. The Kier molecular flexibility index (Phi) is 3.98. The number of nitrogens with zero attached hydrogens (tertiary/aromatic N) is 5. The highest BCUT2D eigenvalue weighted by atomic mass is 16.5. The number of fused-ring (bicyclic) bond motifs is 1. The summed E-state index contributed by atoms with van der Waals surface area (Å²) in [5.41, 5.74) is 2.68. The summed E-state index contributed by atoms with van der Waals surface area (Å²) in [6.45, 7) is 1.40. The minimum absolute atomic E-state index is 0.0619. The van der Waals surface area contributed by atoms with E-state index in [4.69, 9.17) is 4.74 Å². The first-order chi connectivity index (χ1) is 12.3. The van der Waals surface area contributed by atoms with Gasteiger partial charge in [0, 0.05) is 31.5 Å². The van der Waals surface area contributed by atoms with Crippen LogP contribution in [0.4, 0.5) is 5.82 Å². The summed E-state index contributed by atoms with van der Waals surface area (Å²) in [7, 11) is 1.78. The Morgan fingerprint density at radius 2 is 2.12 bits per heavy atom. The van der Waals surface area contributed by atoms with Crippen molar-refractivity contribution in [2.45, 2.75) is 6.10 Å². The van der Waals surface area contributed by atoms with Crippen molar-refractivity contribution in [1.82, 2.24) is 30.3 Å². The fraction of sp³-hybridized carbons (Fsp3) is 0.312. The maximum Gasteiger partial charge on any atom is 0.254 e. The average molecular weight is 339 g/mol. The second kappa shape index (κ2) is 6.44. The average Bonchev–Trinajstić information content (AvgIpc) is 3.15. The molecule has 128 valence electrons. The minimum Gasteiger partial charge on any atom is -0.372 e. The van der Waals surface area contributed by atoms with Crippen molar-refractivity contribution in [1.29, 1.82) is 0 Å². The molecule has 3 heterocycles. The largest absolute Gasteiger partial charge is 0.372 e. The smallest absolute Gasteiger partial charge is 0.254 e. The first kappa shape index (κ1) is 15.5. The number of hydrogen-bond acceptors (Lipinski definition) is 7. The number of morpholine rings is 1. The van der Waals surface area contributed by atoms with Crippen LogP contribution in [0.3, 0.4) is 0 Å². The molecule has 1 unspecified atom stereocenters. The van der Waals surface area contributed by atoms with Crippen LogP contribution < -0.4 is 5.32 Å². The molecule has 1 atom stereocenters. The molecule has 0 bridgehead atoms. The lowest BCUT2D eigenvalue weighted by atomic mass is 10.1. The Balaban J connectivity index is 1.57. The maximum absolute atomic E-state index is 12.9. The number of rotatable bonds is 3. The second-order valence-electron chi connectivity index (χ2n) is 5.68. The summed E-state index contributed by atoms with van der Waals surface area (Å²) >= 11 is 0. The van der Waals surface area contributed by atoms with Gasteiger partial charge in [-0.15, -0.1) is 0 Å². The Labute approximate surface area is 143 Å². The van der Waals surface area contributed by atoms with E-state index in [0.29, 0.717) is 42.3 Å². The molecule has 2 aromatic heterocycles. The van der Waals surface area contributed by atoms with E-state index >= 15 is 0 Å². The SMILES string of the molecule is CNc1nccnc1C1CN(C(=O)c2ccc3n[nH]nc3c2)CCO1. The number of anilines is 1. The normalized spacial score (nSPS) is 17.6. The summed E-state index contributed by atoms with van der Waals surface area (Å²) < 4.78 is 5.82. The molecule has 0 spiro atoms. The van der Waals surface area contributed by atoms with Gasteiger partial charge < -0.3 is 15.0 Å². The first-order valence-corrected chi connectivity index (χ1v) is 7.96. The zero-order valence-electron chi connectivity index (χ0n) is 13.6. The van der Waals surface area contributed by atoms with E-state index in [0.717, 1.165) is 5.52 Å². The van der Waals surface area contributed by atoms with E-state index in [1.54, 1.807) is 42.5 Å². The molecule has 1 aliphatic rings. The highest BCUT2D eigenvalue weighted by molar-refractivity contribution is 5.97. The van der Waals surface area contributed by atoms with E-state index in [2.05, 4.69) is 30.7 Å². The predicted octanol–water partition coefficient (Wildman–Crippen LogP) is 1.00. The molecule has 9 nitrogen and oxygen atoms in total. The van der Waals surface area contributed by atoms with Crippen molar-refractivity contribution in [2.24, 2.45) is 0 Å². The van der Waals surface area contributed by atoms with E-state index in [9.17, 15) is 4.79 Å². The van der Waals surface area contributed by atoms with E-state index in [1.165, 1.54) is 0 Å². The summed E-state index contributed by atoms with van der Waals surface area (Å²) in [6, 6.07) is 5.29. The van der Waals surface area contributed by atoms with Crippen LogP contribution in [-0.4, -0.2) is 62.9 Å². The van der Waals surface area contributed by atoms with Crippen molar-refractivity contribution in [3.63, 3.8) is 0 Å². The second-order valence-corrected chi connectivity index (χ2v) is 5.68. The van der Waals surface area contributed by atoms with Crippen LogP contribution in [0.1, 0.15) is 22.2 Å². The topological polar surface area (TPSA) is 109 Å². The van der Waals surface area contributed by atoms with E-state index in [-0.39, 0.29) is 12.0 Å². The van der Waals surface area contributed by atoms with Gasteiger partial charge in [0.15, 0.2) is 0 Å². The van der Waals surface area contributed by atoms with Crippen molar-refractivity contribution in [3.05, 3.63) is 41.9 Å². The van der Waals surface area contributed by atoms with Gasteiger partial charge in [-0.2, -0.15) is 15.4 Å². The lowest BCUT2D eigenvalue weighted by molar-refractivity contribution is -0.0245. The van der Waals surface area contributed by atoms with Gasteiger partial charge in [-0.3, -0.25) is 9.78 Å². The van der Waals surface area contributed by atoms with Gasteiger partial charge in [-0.05, 0) is 18.2 Å². The van der Waals surface area contributed by atoms with Gasteiger partial charge in [0.25, 0.3) is 5.91 Å². The van der Waals surface area contributed by atoms with Crippen molar-refractivity contribution in [3.8, 4) is 0 Å². The number of nitrogens with one attached hydrogen (secondary N) is 2. The summed E-state index contributed by atoms with van der Waals surface area (Å²) in [5, 5.41) is 13.6. The third kappa shape index (κ3) is 2.89. The molecule has 0 radical (unpaired) electrons. The third-order valence-corrected chi connectivity index (χ3v) is 4.19. The quantitative estimate of drug-likeness (QED) is 0.733. The predicted molar refractivity (Wildman–Crippen MR) is 90.1 cm³/mol. The summed E-state index contributed by atoms with van der Waals surface area (Å²) in [5.74, 6) is 0.596. The Morgan fingerprint density at radius 1 is 1.28 bits per heavy atom. The van der Waals surface area contributed by atoms with Crippen LogP contribution in [0.15, 0.2) is 30.6 Å². The van der Waals surface area contributed by atoms with Crippen LogP contribution in [-0.2, 0) is 4.74 Å². The number of H-pyrrole nitrogens is 1. The molecule has 3 aromatic rings. The number of aromatic amines is 1. The number of hydrogen-bond donors (Lipinski definition) is 2. The number of carbonyl (C=O) groups is 1. The lowest BCUT2D eigenvalue weighted by Gasteiger charge is -2.33. The third-order valence-electron chi connectivity index (χ3n) is 4.19. The molecule has 1 fully saturated rings. The van der Waals surface area contributed by atoms with Gasteiger partial charge in [0.2, 0.25) is 0 Å². The monoisotopic (exact) mass is 339 g/mol. The molecular weight excluding hydrogens is 322 g/mol. The standard InChI is InChI=1S/C16H17N7O2/c1-17-15-14(18-4-5-19-15)13-9-23(6-7-25-13)16(24)10-2-3-11-12(8-10)21-22-20-11/h2-5,8,13H,6-7,9H2,1H3,(H,17,19)(H,20,21,22). The molecule has 9 heteroatoms. The fourth-order valence-electron chi connectivity index (χ4n) is 2.93. The van der Waals surface area contributed by atoms with Crippen LogP contribution in [0.25, 0.3) is 11.0 Å². The Morgan fingerprint density at radius 3 is 3.00 bits per heavy atom. The molecule has 1 aromatic carbocycles. The van der Waals surface area contributed by atoms with Gasteiger partial charge in [-0.1, -0.05) is 0 Å². The lowest BCUT2D eigenvalue weighted by Crippen LogP contribution is -2.42. The van der Waals surface area contributed by atoms with Crippen LogP contribution in [0.5, 0.6) is 0 Å². The van der Waals surface area contributed by atoms with Crippen LogP contribution in [0.2, 0.25) is 0 Å². The molecule has 2 N–H and O–H groups in total. The first-order valence-electron chi connectivity index (χ1n) is 7.96. The zero-order valence-corrected chi connectivity index (χ0v) is 13.6. The molecule has 1 saturated heterocycles. The van der Waals surface area contributed by atoms with Gasteiger partial charge >= 0.3 is 0 Å². The van der Waals surface area contributed by atoms with Crippen molar-refractivity contribution >= 4 is 22.8 Å². The number of aromatic nitrogens is 5. The Hall–Kier alpha value is -3.07. The highest BCUT2D eigenvalue weighted by Gasteiger charge is 2.29. The van der Waals surface area contributed by atoms with Crippen molar-refractivity contribution in [2.75, 3.05) is 32.1 Å². The van der Waals surface area contributed by atoms with Gasteiger partial charge in [-0.25, -0.2) is 4.98 Å². The molecule has 4 rings (SSSR count). The van der Waals surface area contributed by atoms with Crippen LogP contribution in [0, 0.1) is 0 Å². The number of carbonyl (C=O) groups excluding carboxylic acids is 1. The summed E-state index contributed by atoms with van der Waals surface area (Å²) in [4.78, 5) is 23.2. The maximum atomic E-state index is 12.9. The molecule has 0 aliphatic carbocycles. The van der Waals surface area contributed by atoms with Crippen LogP contribution >= 0.6 is 0 Å². The number of amides is 1. The Bertz CT molecular complexity index is 910. The molecule has 0 saturated carbocycles. The van der Waals surface area contributed by atoms with Crippen molar-refractivity contribution < 1.29 is 9.53 Å². The number of benzene rings is 1.